The van der Waals surface area contributed by atoms with Gasteiger partial charge in [-0.25, -0.2) is 0 Å². The van der Waals surface area contributed by atoms with Gasteiger partial charge in [0.2, 0.25) is 11.8 Å². The average Bonchev–Trinajstić information content (AvgIpc) is 3.21. The second-order valence-electron chi connectivity index (χ2n) is 7.66. The molecule has 2 aliphatic carbocycles. The molecule has 2 unspecified atom stereocenters. The summed E-state index contributed by atoms with van der Waals surface area (Å²) < 4.78 is 0. The van der Waals surface area contributed by atoms with Crippen LogP contribution in [0.5, 0.6) is 0 Å². The van der Waals surface area contributed by atoms with E-state index >= 15 is 0 Å². The minimum absolute atomic E-state index is 0.0921. The second-order valence-corrected chi connectivity index (χ2v) is 7.66. The molecule has 2 bridgehead atoms. The zero-order chi connectivity index (χ0) is 17.8. The first kappa shape index (κ1) is 17.9. The number of rotatable bonds is 8. The number of aliphatic hydroxyl groups excluding tert-OH is 1. The highest BCUT2D eigenvalue weighted by atomic mass is 16.3. The Labute approximate surface area is 149 Å². The fourth-order valence-electron chi connectivity index (χ4n) is 4.43. The Morgan fingerprint density at radius 1 is 1.20 bits per heavy atom. The van der Waals surface area contributed by atoms with E-state index in [1.54, 1.807) is 0 Å². The first-order valence-electron chi connectivity index (χ1n) is 9.34. The molecule has 5 heteroatoms. The van der Waals surface area contributed by atoms with E-state index in [-0.39, 0.29) is 18.4 Å². The van der Waals surface area contributed by atoms with Gasteiger partial charge in [-0.15, -0.1) is 0 Å². The highest BCUT2D eigenvalue weighted by Gasteiger charge is 2.41. The molecule has 1 aromatic carbocycles. The van der Waals surface area contributed by atoms with Gasteiger partial charge >= 0.3 is 0 Å². The van der Waals surface area contributed by atoms with Gasteiger partial charge < -0.3 is 16.2 Å². The van der Waals surface area contributed by atoms with E-state index < -0.39 is 17.9 Å². The number of fused-ring (bicyclic) bond motifs is 2. The number of primary amides is 1. The number of benzene rings is 1. The number of hydrogen-bond donors (Lipinski definition) is 3. The van der Waals surface area contributed by atoms with Crippen molar-refractivity contribution in [2.45, 2.75) is 57.1 Å². The maximum atomic E-state index is 12.5. The number of nitrogens with two attached hydrogens (primary N) is 1. The number of carbonyl (C=O) groups is 2. The summed E-state index contributed by atoms with van der Waals surface area (Å²) in [6.45, 7) is 0. The van der Waals surface area contributed by atoms with Crippen LogP contribution in [0.1, 0.15) is 44.1 Å². The van der Waals surface area contributed by atoms with Crippen molar-refractivity contribution in [3.05, 3.63) is 35.9 Å². The molecule has 5 atom stereocenters. The van der Waals surface area contributed by atoms with Gasteiger partial charge in [0.05, 0.1) is 6.10 Å². The van der Waals surface area contributed by atoms with Gasteiger partial charge in [0.15, 0.2) is 0 Å². The summed E-state index contributed by atoms with van der Waals surface area (Å²) >= 11 is 0. The molecule has 2 fully saturated rings. The van der Waals surface area contributed by atoms with E-state index in [0.29, 0.717) is 18.8 Å². The van der Waals surface area contributed by atoms with Crippen molar-refractivity contribution in [2.24, 2.45) is 23.5 Å². The molecule has 25 heavy (non-hydrogen) atoms. The zero-order valence-corrected chi connectivity index (χ0v) is 14.6. The molecule has 0 saturated heterocycles. The number of amides is 2. The van der Waals surface area contributed by atoms with E-state index in [9.17, 15) is 14.7 Å². The molecule has 5 nitrogen and oxygen atoms in total. The minimum Gasteiger partial charge on any atom is -0.393 e. The van der Waals surface area contributed by atoms with Crippen molar-refractivity contribution in [2.75, 3.05) is 0 Å². The largest absolute Gasteiger partial charge is 0.393 e. The fraction of sp³-hybridized carbons (Fsp3) is 0.600. The van der Waals surface area contributed by atoms with Gasteiger partial charge in [0.25, 0.3) is 0 Å². The van der Waals surface area contributed by atoms with Crippen LogP contribution in [0.25, 0.3) is 0 Å². The third-order valence-corrected chi connectivity index (χ3v) is 5.84. The molecular weight excluding hydrogens is 316 g/mol. The van der Waals surface area contributed by atoms with Crippen LogP contribution in [0.3, 0.4) is 0 Å². The third kappa shape index (κ3) is 4.60. The normalized spacial score (nSPS) is 27.0. The standard InChI is InChI=1S/C20H28N2O3/c21-19(24)17(12-16(23)9-7-13-4-2-1-3-5-13)20(25)22-18-11-14-6-8-15(18)10-14/h1-5,14-18,23H,6-12H2,(H2,21,24)(H,22,25)/t14?,15-,16-,17+,18?/m0/s1. The molecule has 3 rings (SSSR count). The molecule has 1 aromatic rings. The Hall–Kier alpha value is -1.88. The van der Waals surface area contributed by atoms with Gasteiger partial charge in [-0.2, -0.15) is 0 Å². The van der Waals surface area contributed by atoms with Crippen LogP contribution >= 0.6 is 0 Å². The van der Waals surface area contributed by atoms with Crippen LogP contribution in [0, 0.1) is 17.8 Å². The van der Waals surface area contributed by atoms with Crippen molar-refractivity contribution < 1.29 is 14.7 Å². The number of carbonyl (C=O) groups excluding carboxylic acids is 2. The van der Waals surface area contributed by atoms with Gasteiger partial charge in [0, 0.05) is 6.04 Å². The Kier molecular flexibility index (Phi) is 5.74. The topological polar surface area (TPSA) is 92.4 Å². The lowest BCUT2D eigenvalue weighted by Crippen LogP contribution is -2.46. The molecule has 2 aliphatic rings. The van der Waals surface area contributed by atoms with Gasteiger partial charge in [-0.3, -0.25) is 9.59 Å². The fourth-order valence-corrected chi connectivity index (χ4v) is 4.43. The minimum atomic E-state index is -0.954. The second kappa shape index (κ2) is 8.00. The van der Waals surface area contributed by atoms with Crippen molar-refractivity contribution in [3.63, 3.8) is 0 Å². The zero-order valence-electron chi connectivity index (χ0n) is 14.6. The highest BCUT2D eigenvalue weighted by molar-refractivity contribution is 5.99. The summed E-state index contributed by atoms with van der Waals surface area (Å²) in [4.78, 5) is 24.2. The predicted octanol–water partition coefficient (Wildman–Crippen LogP) is 1.78. The quantitative estimate of drug-likeness (QED) is 0.628. The lowest BCUT2D eigenvalue weighted by atomic mass is 9.92. The summed E-state index contributed by atoms with van der Waals surface area (Å²) in [5.74, 6) is -0.655. The summed E-state index contributed by atoms with van der Waals surface area (Å²) in [6, 6.07) is 10.0. The molecule has 0 radical (unpaired) electrons. The highest BCUT2D eigenvalue weighted by Crippen LogP contribution is 2.44. The number of hydrogen-bond acceptors (Lipinski definition) is 3. The number of aliphatic hydroxyl groups is 1. The van der Waals surface area contributed by atoms with Crippen LogP contribution in [0.4, 0.5) is 0 Å². The maximum Gasteiger partial charge on any atom is 0.232 e. The van der Waals surface area contributed by atoms with Crippen molar-refractivity contribution >= 4 is 11.8 Å². The summed E-state index contributed by atoms with van der Waals surface area (Å²) in [5, 5.41) is 13.3. The van der Waals surface area contributed by atoms with Crippen LogP contribution in [0.2, 0.25) is 0 Å². The van der Waals surface area contributed by atoms with Crippen LogP contribution in [0.15, 0.2) is 30.3 Å². The van der Waals surface area contributed by atoms with Crippen LogP contribution < -0.4 is 11.1 Å². The predicted molar refractivity (Wildman–Crippen MR) is 95.4 cm³/mol. The molecule has 2 saturated carbocycles. The van der Waals surface area contributed by atoms with Gasteiger partial charge in [-0.1, -0.05) is 36.8 Å². The summed E-state index contributed by atoms with van der Waals surface area (Å²) in [7, 11) is 0. The molecule has 0 aromatic heterocycles. The molecular formula is C20H28N2O3. The molecule has 0 heterocycles. The Balaban J connectivity index is 1.49. The smallest absolute Gasteiger partial charge is 0.232 e. The van der Waals surface area contributed by atoms with Crippen LogP contribution in [-0.4, -0.2) is 29.1 Å². The van der Waals surface area contributed by atoms with Gasteiger partial charge in [-0.05, 0) is 55.9 Å². The molecule has 0 spiro atoms. The van der Waals surface area contributed by atoms with Crippen molar-refractivity contribution in [3.8, 4) is 0 Å². The number of nitrogens with one attached hydrogen (secondary N) is 1. The van der Waals surface area contributed by atoms with E-state index in [1.807, 2.05) is 30.3 Å². The SMILES string of the molecule is NC(=O)[C@@H](C[C@@H](O)CCc1ccccc1)C(=O)NC1CC2CC[C@H]1C2. The third-order valence-electron chi connectivity index (χ3n) is 5.84. The summed E-state index contributed by atoms with van der Waals surface area (Å²) in [5.41, 5.74) is 6.56. The lowest BCUT2D eigenvalue weighted by Gasteiger charge is -2.25. The van der Waals surface area contributed by atoms with Crippen molar-refractivity contribution in [1.82, 2.24) is 5.32 Å². The van der Waals surface area contributed by atoms with Crippen molar-refractivity contribution in [1.29, 1.82) is 0 Å². The van der Waals surface area contributed by atoms with Gasteiger partial charge in [0.1, 0.15) is 5.92 Å². The Morgan fingerprint density at radius 2 is 1.96 bits per heavy atom. The monoisotopic (exact) mass is 344 g/mol. The maximum absolute atomic E-state index is 12.5. The Morgan fingerprint density at radius 3 is 2.56 bits per heavy atom. The summed E-state index contributed by atoms with van der Waals surface area (Å²) in [6.07, 6.45) is 5.21. The van der Waals surface area contributed by atoms with Crippen LogP contribution in [-0.2, 0) is 16.0 Å². The molecule has 136 valence electrons. The number of aryl methyl sites for hydroxylation is 1. The molecule has 4 N–H and O–H groups in total. The lowest BCUT2D eigenvalue weighted by molar-refractivity contribution is -0.135. The molecule has 0 aliphatic heterocycles. The van der Waals surface area contributed by atoms with E-state index in [0.717, 1.165) is 24.3 Å². The van der Waals surface area contributed by atoms with E-state index in [2.05, 4.69) is 5.32 Å². The first-order chi connectivity index (χ1) is 12.0. The molecule has 2 amide bonds. The van der Waals surface area contributed by atoms with E-state index in [4.69, 9.17) is 5.73 Å². The first-order valence-corrected chi connectivity index (χ1v) is 9.34. The van der Waals surface area contributed by atoms with E-state index in [1.165, 1.54) is 12.8 Å². The average molecular weight is 344 g/mol. The Bertz CT molecular complexity index is 604.